The molecular weight excluding hydrogens is 349 g/mol. The molecule has 1 amide bonds. The number of benzene rings is 1. The van der Waals surface area contributed by atoms with Gasteiger partial charge >= 0.3 is 6.18 Å². The minimum Gasteiger partial charge on any atom is -0.322 e. The SMILES string of the molecule is O=C(Nc1ccc(C(F)(F)F)cc1)c1cccnc1SC1CCCC1. The molecule has 7 heteroatoms. The largest absolute Gasteiger partial charge is 0.416 e. The maximum absolute atomic E-state index is 12.6. The van der Waals surface area contributed by atoms with Gasteiger partial charge < -0.3 is 5.32 Å². The lowest BCUT2D eigenvalue weighted by atomic mass is 10.2. The summed E-state index contributed by atoms with van der Waals surface area (Å²) in [5.74, 6) is -0.367. The second kappa shape index (κ2) is 7.47. The Morgan fingerprint density at radius 2 is 1.80 bits per heavy atom. The van der Waals surface area contributed by atoms with Crippen LogP contribution in [0.2, 0.25) is 0 Å². The number of amides is 1. The molecule has 3 rings (SSSR count). The van der Waals surface area contributed by atoms with Crippen molar-refractivity contribution in [1.82, 2.24) is 4.98 Å². The zero-order valence-corrected chi connectivity index (χ0v) is 14.2. The molecule has 0 unspecified atom stereocenters. The third-order valence-corrected chi connectivity index (χ3v) is 5.42. The van der Waals surface area contributed by atoms with Crippen LogP contribution in [0, 0.1) is 0 Å². The van der Waals surface area contributed by atoms with Gasteiger partial charge in [0.25, 0.3) is 5.91 Å². The maximum atomic E-state index is 12.6. The van der Waals surface area contributed by atoms with Gasteiger partial charge in [0.1, 0.15) is 5.03 Å². The number of carbonyl (C=O) groups is 1. The highest BCUT2D eigenvalue weighted by Gasteiger charge is 2.30. The summed E-state index contributed by atoms with van der Waals surface area (Å²) < 4.78 is 37.8. The van der Waals surface area contributed by atoms with Gasteiger partial charge in [-0.05, 0) is 49.2 Å². The van der Waals surface area contributed by atoms with E-state index >= 15 is 0 Å². The summed E-state index contributed by atoms with van der Waals surface area (Å²) in [6.07, 6.45) is 1.86. The van der Waals surface area contributed by atoms with Crippen LogP contribution < -0.4 is 5.32 Å². The van der Waals surface area contributed by atoms with Gasteiger partial charge in [0.15, 0.2) is 0 Å². The molecule has 1 fully saturated rings. The van der Waals surface area contributed by atoms with E-state index in [4.69, 9.17) is 0 Å². The van der Waals surface area contributed by atoms with Crippen molar-refractivity contribution in [2.45, 2.75) is 42.1 Å². The molecule has 3 nitrogen and oxygen atoms in total. The van der Waals surface area contributed by atoms with Crippen LogP contribution in [-0.2, 0) is 6.18 Å². The number of aromatic nitrogens is 1. The number of hydrogen-bond acceptors (Lipinski definition) is 3. The van der Waals surface area contributed by atoms with E-state index in [2.05, 4.69) is 10.3 Å². The average Bonchev–Trinajstić information content (AvgIpc) is 3.08. The van der Waals surface area contributed by atoms with Crippen molar-refractivity contribution in [3.05, 3.63) is 53.7 Å². The van der Waals surface area contributed by atoms with Gasteiger partial charge in [0.05, 0.1) is 11.1 Å². The van der Waals surface area contributed by atoms with E-state index < -0.39 is 11.7 Å². The Morgan fingerprint density at radius 3 is 2.44 bits per heavy atom. The summed E-state index contributed by atoms with van der Waals surface area (Å²) in [5.41, 5.74) is 0.0160. The zero-order valence-electron chi connectivity index (χ0n) is 13.3. The molecule has 2 aromatic rings. The molecule has 1 aliphatic carbocycles. The van der Waals surface area contributed by atoms with Crippen LogP contribution in [-0.4, -0.2) is 16.1 Å². The Kier molecular flexibility index (Phi) is 5.32. The highest BCUT2D eigenvalue weighted by atomic mass is 32.2. The van der Waals surface area contributed by atoms with E-state index in [1.54, 1.807) is 30.1 Å². The zero-order chi connectivity index (χ0) is 17.9. The summed E-state index contributed by atoms with van der Waals surface area (Å²) >= 11 is 1.60. The smallest absolute Gasteiger partial charge is 0.322 e. The number of alkyl halides is 3. The molecule has 0 atom stereocenters. The van der Waals surface area contributed by atoms with Crippen LogP contribution >= 0.6 is 11.8 Å². The number of nitrogens with one attached hydrogen (secondary N) is 1. The van der Waals surface area contributed by atoms with E-state index in [9.17, 15) is 18.0 Å². The Morgan fingerprint density at radius 1 is 1.12 bits per heavy atom. The topological polar surface area (TPSA) is 42.0 Å². The number of thioether (sulfide) groups is 1. The molecule has 132 valence electrons. The lowest BCUT2D eigenvalue weighted by Crippen LogP contribution is -2.14. The number of pyridine rings is 1. The first-order valence-electron chi connectivity index (χ1n) is 8.04. The lowest BCUT2D eigenvalue weighted by Gasteiger charge is -2.13. The Hall–Kier alpha value is -2.02. The van der Waals surface area contributed by atoms with Crippen LogP contribution in [0.3, 0.4) is 0 Å². The van der Waals surface area contributed by atoms with Crippen molar-refractivity contribution in [1.29, 1.82) is 0 Å². The van der Waals surface area contributed by atoms with Gasteiger partial charge in [-0.2, -0.15) is 13.2 Å². The normalized spacial score (nSPS) is 15.3. The Bertz CT molecular complexity index is 741. The number of nitrogens with zero attached hydrogens (tertiary/aromatic N) is 1. The molecule has 1 heterocycles. The highest BCUT2D eigenvalue weighted by Crippen LogP contribution is 2.35. The van der Waals surface area contributed by atoms with E-state index in [0.717, 1.165) is 25.0 Å². The van der Waals surface area contributed by atoms with Gasteiger partial charge in [0, 0.05) is 17.1 Å². The molecular formula is C18H17F3N2OS. The number of hydrogen-bond donors (Lipinski definition) is 1. The summed E-state index contributed by atoms with van der Waals surface area (Å²) in [6.45, 7) is 0. The lowest BCUT2D eigenvalue weighted by molar-refractivity contribution is -0.137. The molecule has 1 N–H and O–H groups in total. The van der Waals surface area contributed by atoms with Crippen molar-refractivity contribution < 1.29 is 18.0 Å². The maximum Gasteiger partial charge on any atom is 0.416 e. The summed E-state index contributed by atoms with van der Waals surface area (Å²) in [6, 6.07) is 7.77. The summed E-state index contributed by atoms with van der Waals surface area (Å²) in [4.78, 5) is 16.8. The second-order valence-electron chi connectivity index (χ2n) is 5.91. The van der Waals surface area contributed by atoms with Gasteiger partial charge in [-0.1, -0.05) is 12.8 Å². The van der Waals surface area contributed by atoms with E-state index in [1.165, 1.54) is 25.0 Å². The fourth-order valence-electron chi connectivity index (χ4n) is 2.76. The van der Waals surface area contributed by atoms with Crippen molar-refractivity contribution in [2.24, 2.45) is 0 Å². The van der Waals surface area contributed by atoms with Crippen molar-refractivity contribution in [2.75, 3.05) is 5.32 Å². The van der Waals surface area contributed by atoms with Crippen LogP contribution in [0.1, 0.15) is 41.6 Å². The monoisotopic (exact) mass is 366 g/mol. The standard InChI is InChI=1S/C18H17F3N2OS/c19-18(20,21)12-7-9-13(10-8-12)23-16(24)15-6-3-11-22-17(15)25-14-4-1-2-5-14/h3,6-11,14H,1-2,4-5H2,(H,23,24). The fraction of sp³-hybridized carbons (Fsp3) is 0.333. The minimum atomic E-state index is -4.39. The molecule has 1 aliphatic rings. The summed E-state index contributed by atoms with van der Waals surface area (Å²) in [5, 5.41) is 3.77. The van der Waals surface area contributed by atoms with Crippen LogP contribution in [0.25, 0.3) is 0 Å². The first-order valence-corrected chi connectivity index (χ1v) is 8.92. The van der Waals surface area contributed by atoms with Crippen LogP contribution in [0.4, 0.5) is 18.9 Å². The van der Waals surface area contributed by atoms with Gasteiger partial charge in [-0.3, -0.25) is 4.79 Å². The quantitative estimate of drug-likeness (QED) is 0.789. The van der Waals surface area contributed by atoms with E-state index in [-0.39, 0.29) is 5.91 Å². The molecule has 1 aromatic carbocycles. The van der Waals surface area contributed by atoms with Gasteiger partial charge in [-0.25, -0.2) is 4.98 Å². The van der Waals surface area contributed by atoms with Crippen molar-refractivity contribution >= 4 is 23.4 Å². The molecule has 0 radical (unpaired) electrons. The van der Waals surface area contributed by atoms with E-state index in [0.29, 0.717) is 21.5 Å². The van der Waals surface area contributed by atoms with Crippen molar-refractivity contribution in [3.8, 4) is 0 Å². The molecule has 0 aliphatic heterocycles. The molecule has 0 bridgehead atoms. The first kappa shape index (κ1) is 17.8. The van der Waals surface area contributed by atoms with Gasteiger partial charge in [-0.15, -0.1) is 11.8 Å². The van der Waals surface area contributed by atoms with E-state index in [1.807, 2.05) is 0 Å². The van der Waals surface area contributed by atoms with Crippen LogP contribution in [0.15, 0.2) is 47.6 Å². The van der Waals surface area contributed by atoms with Gasteiger partial charge in [0.2, 0.25) is 0 Å². The number of carbonyl (C=O) groups excluding carboxylic acids is 1. The first-order chi connectivity index (χ1) is 11.9. The molecule has 25 heavy (non-hydrogen) atoms. The minimum absolute atomic E-state index is 0.318. The Labute approximate surface area is 148 Å². The molecule has 1 aromatic heterocycles. The van der Waals surface area contributed by atoms with Crippen LogP contribution in [0.5, 0.6) is 0 Å². The average molecular weight is 366 g/mol. The second-order valence-corrected chi connectivity index (χ2v) is 7.20. The Balaban J connectivity index is 1.72. The summed E-state index contributed by atoms with van der Waals surface area (Å²) in [7, 11) is 0. The number of rotatable bonds is 4. The predicted octanol–water partition coefficient (Wildman–Crippen LogP) is 5.39. The third kappa shape index (κ3) is 4.54. The number of anilines is 1. The molecule has 0 saturated heterocycles. The molecule has 1 saturated carbocycles. The third-order valence-electron chi connectivity index (χ3n) is 4.07. The van der Waals surface area contributed by atoms with Crippen molar-refractivity contribution in [3.63, 3.8) is 0 Å². The fourth-order valence-corrected chi connectivity index (χ4v) is 4.06. The molecule has 0 spiro atoms. The highest BCUT2D eigenvalue weighted by molar-refractivity contribution is 7.99. The number of halogens is 3. The predicted molar refractivity (Wildman–Crippen MR) is 91.7 cm³/mol.